The van der Waals surface area contributed by atoms with Crippen LogP contribution in [0.3, 0.4) is 0 Å². The Balaban J connectivity index is 1.83. The maximum atomic E-state index is 10.6. The first-order valence-corrected chi connectivity index (χ1v) is 7.93. The van der Waals surface area contributed by atoms with Crippen molar-refractivity contribution >= 4 is 11.5 Å². The van der Waals surface area contributed by atoms with Crippen molar-refractivity contribution in [2.45, 2.75) is 45.6 Å². The number of hydrogen-bond donors (Lipinski definition) is 2. The van der Waals surface area contributed by atoms with Crippen LogP contribution in [0.15, 0.2) is 28.7 Å². The van der Waals surface area contributed by atoms with E-state index in [1.807, 2.05) is 25.1 Å². The summed E-state index contributed by atoms with van der Waals surface area (Å²) < 4.78 is 7.25. The molecule has 3 rings (SSSR count). The summed E-state index contributed by atoms with van der Waals surface area (Å²) in [4.78, 5) is 0. The van der Waals surface area contributed by atoms with E-state index < -0.39 is 5.60 Å². The summed E-state index contributed by atoms with van der Waals surface area (Å²) in [6.45, 7) is 10.0. The highest BCUT2D eigenvalue weighted by atomic mass is 16.4. The van der Waals surface area contributed by atoms with Gasteiger partial charge < -0.3 is 14.8 Å². The lowest BCUT2D eigenvalue weighted by molar-refractivity contribution is 0.0467. The monoisotopic (exact) mass is 329 g/mol. The molecule has 7 heteroatoms. The average Bonchev–Trinajstić information content (AvgIpc) is 3.10. The number of aromatic nitrogens is 4. The lowest BCUT2D eigenvalue weighted by atomic mass is 9.96. The number of nitrogens with one attached hydrogen (secondary N) is 1. The number of nitrogens with zero attached hydrogens (tertiary/aromatic N) is 4. The Kier molecular flexibility index (Phi) is 3.83. The van der Waals surface area contributed by atoms with Crippen LogP contribution in [0.25, 0.3) is 5.65 Å². The van der Waals surface area contributed by atoms with Crippen molar-refractivity contribution in [3.63, 3.8) is 0 Å². The van der Waals surface area contributed by atoms with E-state index in [2.05, 4.69) is 41.4 Å². The Morgan fingerprint density at radius 2 is 1.88 bits per heavy atom. The van der Waals surface area contributed by atoms with E-state index >= 15 is 0 Å². The second-order valence-corrected chi connectivity index (χ2v) is 7.30. The number of rotatable bonds is 4. The van der Waals surface area contributed by atoms with E-state index in [-0.39, 0.29) is 12.0 Å². The summed E-state index contributed by atoms with van der Waals surface area (Å²) in [6.07, 6.45) is 0. The molecule has 1 atom stereocenters. The topological polar surface area (TPSA) is 88.5 Å². The molecule has 0 amide bonds. The first-order chi connectivity index (χ1) is 11.2. The van der Waals surface area contributed by atoms with Crippen molar-refractivity contribution in [3.8, 4) is 0 Å². The van der Waals surface area contributed by atoms with E-state index in [9.17, 15) is 5.11 Å². The van der Waals surface area contributed by atoms with Gasteiger partial charge in [-0.15, -0.1) is 15.3 Å². The fraction of sp³-hybridized carbons (Fsp3) is 0.471. The zero-order chi connectivity index (χ0) is 17.5. The number of fused-ring (bicyclic) bond motifs is 1. The summed E-state index contributed by atoms with van der Waals surface area (Å²) >= 11 is 0. The average molecular weight is 329 g/mol. The highest BCUT2D eigenvalue weighted by Gasteiger charge is 2.27. The van der Waals surface area contributed by atoms with E-state index in [0.717, 1.165) is 11.6 Å². The SMILES string of the molecule is Cc1ccc(C(C)(O)CNc2ccc3nnc(C(C)(C)C)n3n2)o1. The van der Waals surface area contributed by atoms with E-state index in [1.54, 1.807) is 17.5 Å². The van der Waals surface area contributed by atoms with Gasteiger partial charge in [0.05, 0.1) is 6.54 Å². The lowest BCUT2D eigenvalue weighted by Crippen LogP contribution is -2.30. The zero-order valence-electron chi connectivity index (χ0n) is 14.7. The molecule has 0 spiro atoms. The van der Waals surface area contributed by atoms with Gasteiger partial charge >= 0.3 is 0 Å². The Labute approximate surface area is 140 Å². The highest BCUT2D eigenvalue weighted by molar-refractivity contribution is 5.44. The van der Waals surface area contributed by atoms with Gasteiger partial charge in [-0.1, -0.05) is 20.8 Å². The van der Waals surface area contributed by atoms with Gasteiger partial charge in [-0.2, -0.15) is 4.52 Å². The molecule has 1 unspecified atom stereocenters. The number of aryl methyl sites for hydroxylation is 1. The fourth-order valence-electron chi connectivity index (χ4n) is 2.42. The Morgan fingerprint density at radius 1 is 1.12 bits per heavy atom. The predicted molar refractivity (Wildman–Crippen MR) is 91.0 cm³/mol. The number of furan rings is 1. The van der Waals surface area contributed by atoms with Crippen LogP contribution in [-0.4, -0.2) is 31.5 Å². The van der Waals surface area contributed by atoms with Crippen molar-refractivity contribution in [3.05, 3.63) is 41.6 Å². The van der Waals surface area contributed by atoms with Gasteiger partial charge in [0.2, 0.25) is 0 Å². The Bertz CT molecular complexity index is 857. The third kappa shape index (κ3) is 3.12. The molecule has 128 valence electrons. The molecule has 0 aliphatic carbocycles. The van der Waals surface area contributed by atoms with Crippen molar-refractivity contribution in [2.24, 2.45) is 0 Å². The minimum absolute atomic E-state index is 0.164. The maximum absolute atomic E-state index is 10.6. The molecular weight excluding hydrogens is 306 g/mol. The van der Waals surface area contributed by atoms with Gasteiger partial charge in [-0.3, -0.25) is 0 Å². The first-order valence-electron chi connectivity index (χ1n) is 7.93. The third-order valence-electron chi connectivity index (χ3n) is 3.82. The van der Waals surface area contributed by atoms with Crippen LogP contribution in [0.4, 0.5) is 5.82 Å². The van der Waals surface area contributed by atoms with Gasteiger partial charge in [-0.05, 0) is 38.1 Å². The van der Waals surface area contributed by atoms with Crippen LogP contribution in [0.5, 0.6) is 0 Å². The van der Waals surface area contributed by atoms with Crippen molar-refractivity contribution < 1.29 is 9.52 Å². The summed E-state index contributed by atoms with van der Waals surface area (Å²) in [5.74, 6) is 2.71. The Morgan fingerprint density at radius 3 is 2.50 bits per heavy atom. The summed E-state index contributed by atoms with van der Waals surface area (Å²) in [7, 11) is 0. The van der Waals surface area contributed by atoms with Crippen molar-refractivity contribution in [1.82, 2.24) is 19.8 Å². The second-order valence-electron chi connectivity index (χ2n) is 7.30. The number of hydrogen-bond acceptors (Lipinski definition) is 6. The van der Waals surface area contributed by atoms with E-state index in [0.29, 0.717) is 17.2 Å². The standard InChI is InChI=1S/C17H23N5O2/c1-11-6-7-12(24-11)17(5,23)10-18-13-8-9-14-19-20-15(16(2,3)4)22(14)21-13/h6-9,23H,10H2,1-5H3,(H,18,21). The molecule has 24 heavy (non-hydrogen) atoms. The van der Waals surface area contributed by atoms with E-state index in [1.165, 1.54) is 0 Å². The van der Waals surface area contributed by atoms with Crippen molar-refractivity contribution in [1.29, 1.82) is 0 Å². The van der Waals surface area contributed by atoms with Crippen LogP contribution in [0.2, 0.25) is 0 Å². The molecule has 7 nitrogen and oxygen atoms in total. The molecule has 0 aromatic carbocycles. The van der Waals surface area contributed by atoms with E-state index in [4.69, 9.17) is 4.42 Å². The summed E-state index contributed by atoms with van der Waals surface area (Å²) in [5, 5.41) is 26.7. The summed E-state index contributed by atoms with van der Waals surface area (Å²) in [5.41, 5.74) is -0.605. The predicted octanol–water partition coefficient (Wildman–Crippen LogP) is 2.64. The molecule has 0 saturated carbocycles. The number of anilines is 1. The largest absolute Gasteiger partial charge is 0.463 e. The molecule has 3 heterocycles. The molecule has 0 aliphatic rings. The molecule has 0 fully saturated rings. The molecule has 0 aliphatic heterocycles. The van der Waals surface area contributed by atoms with Gasteiger partial charge in [0.15, 0.2) is 11.5 Å². The minimum Gasteiger partial charge on any atom is -0.463 e. The van der Waals surface area contributed by atoms with Gasteiger partial charge in [0, 0.05) is 5.41 Å². The van der Waals surface area contributed by atoms with Crippen LogP contribution in [0.1, 0.15) is 45.0 Å². The van der Waals surface area contributed by atoms with Gasteiger partial charge in [-0.25, -0.2) is 0 Å². The van der Waals surface area contributed by atoms with Gasteiger partial charge in [0.1, 0.15) is 22.9 Å². The molecule has 3 aromatic heterocycles. The first kappa shape index (κ1) is 16.4. The van der Waals surface area contributed by atoms with Crippen LogP contribution >= 0.6 is 0 Å². The van der Waals surface area contributed by atoms with Crippen LogP contribution < -0.4 is 5.32 Å². The highest BCUT2D eigenvalue weighted by Crippen LogP contribution is 2.24. The van der Waals surface area contributed by atoms with Crippen LogP contribution in [0, 0.1) is 6.92 Å². The molecule has 3 aromatic rings. The molecule has 0 radical (unpaired) electrons. The molecule has 0 bridgehead atoms. The van der Waals surface area contributed by atoms with Crippen molar-refractivity contribution in [2.75, 3.05) is 11.9 Å². The fourth-order valence-corrected chi connectivity index (χ4v) is 2.42. The third-order valence-corrected chi connectivity index (χ3v) is 3.82. The minimum atomic E-state index is -1.13. The smallest absolute Gasteiger partial charge is 0.178 e. The maximum Gasteiger partial charge on any atom is 0.178 e. The zero-order valence-corrected chi connectivity index (χ0v) is 14.7. The summed E-state index contributed by atoms with van der Waals surface area (Å²) in [6, 6.07) is 7.29. The quantitative estimate of drug-likeness (QED) is 0.765. The Hall–Kier alpha value is -2.41. The molecular formula is C17H23N5O2. The van der Waals surface area contributed by atoms with Gasteiger partial charge in [0.25, 0.3) is 0 Å². The number of aliphatic hydroxyl groups is 1. The molecule has 2 N–H and O–H groups in total. The lowest BCUT2D eigenvalue weighted by Gasteiger charge is -2.21. The van der Waals surface area contributed by atoms with Crippen LogP contribution in [-0.2, 0) is 11.0 Å². The second kappa shape index (κ2) is 5.59. The molecule has 0 saturated heterocycles. The normalized spacial score (nSPS) is 14.8.